The van der Waals surface area contributed by atoms with E-state index in [9.17, 15) is 0 Å². The molecule has 1 aliphatic heterocycles. The van der Waals surface area contributed by atoms with E-state index >= 15 is 0 Å². The zero-order valence-corrected chi connectivity index (χ0v) is 10.4. The molecule has 1 aromatic heterocycles. The van der Waals surface area contributed by atoms with E-state index in [1.807, 2.05) is 13.0 Å². The van der Waals surface area contributed by atoms with E-state index in [2.05, 4.69) is 28.7 Å². The number of aromatic nitrogens is 2. The number of nitrogens with zero attached hydrogens (tertiary/aromatic N) is 3. The van der Waals surface area contributed by atoms with Crippen molar-refractivity contribution in [2.45, 2.75) is 27.2 Å². The second-order valence-corrected chi connectivity index (χ2v) is 3.77. The lowest BCUT2D eigenvalue weighted by Gasteiger charge is -2.27. The van der Waals surface area contributed by atoms with Gasteiger partial charge in [-0.3, -0.25) is 0 Å². The van der Waals surface area contributed by atoms with E-state index in [0.29, 0.717) is 0 Å². The Kier molecular flexibility index (Phi) is 5.78. The lowest BCUT2D eigenvalue weighted by Crippen LogP contribution is -2.36. The van der Waals surface area contributed by atoms with Gasteiger partial charge in [-0.25, -0.2) is 9.97 Å². The van der Waals surface area contributed by atoms with Crippen molar-refractivity contribution in [2.24, 2.45) is 0 Å². The molecule has 1 fully saturated rings. The van der Waals surface area contributed by atoms with Crippen LogP contribution in [0, 0.1) is 6.92 Å². The van der Waals surface area contributed by atoms with Crippen molar-refractivity contribution >= 4 is 5.82 Å². The van der Waals surface area contributed by atoms with Gasteiger partial charge in [-0.1, -0.05) is 20.3 Å². The lowest BCUT2D eigenvalue weighted by molar-refractivity contribution is 0.122. The number of anilines is 1. The van der Waals surface area contributed by atoms with Crippen molar-refractivity contribution in [3.05, 3.63) is 18.1 Å². The minimum atomic E-state index is 0.795. The molecule has 0 aliphatic carbocycles. The van der Waals surface area contributed by atoms with Gasteiger partial charge in [0, 0.05) is 19.3 Å². The summed E-state index contributed by atoms with van der Waals surface area (Å²) in [4.78, 5) is 10.6. The van der Waals surface area contributed by atoms with Crippen molar-refractivity contribution < 1.29 is 4.74 Å². The Morgan fingerprint density at radius 2 is 1.94 bits per heavy atom. The summed E-state index contributed by atoms with van der Waals surface area (Å²) in [6.07, 6.45) is 3.05. The van der Waals surface area contributed by atoms with Gasteiger partial charge in [-0.15, -0.1) is 0 Å². The number of ether oxygens (including phenoxy) is 1. The molecule has 0 unspecified atom stereocenters. The summed E-state index contributed by atoms with van der Waals surface area (Å²) in [6, 6.07) is 1.94. The predicted octanol–water partition coefficient (Wildman–Crippen LogP) is 2.04. The number of aryl methyl sites for hydroxylation is 1. The van der Waals surface area contributed by atoms with Crippen LogP contribution in [0.3, 0.4) is 0 Å². The maximum absolute atomic E-state index is 5.27. The quantitative estimate of drug-likeness (QED) is 0.730. The fourth-order valence-electron chi connectivity index (χ4n) is 1.41. The molecule has 0 spiro atoms. The maximum atomic E-state index is 5.27. The number of hydrogen-bond acceptors (Lipinski definition) is 4. The number of rotatable bonds is 1. The van der Waals surface area contributed by atoms with E-state index < -0.39 is 0 Å². The van der Waals surface area contributed by atoms with E-state index in [1.54, 1.807) is 6.20 Å². The number of morpholine rings is 1. The minimum absolute atomic E-state index is 0.795. The Labute approximate surface area is 97.7 Å². The van der Waals surface area contributed by atoms with E-state index in [4.69, 9.17) is 4.74 Å². The first-order valence-corrected chi connectivity index (χ1v) is 5.90. The normalized spacial score (nSPS) is 15.3. The van der Waals surface area contributed by atoms with Crippen LogP contribution in [-0.4, -0.2) is 36.3 Å². The van der Waals surface area contributed by atoms with Crippen LogP contribution in [0.1, 0.15) is 26.1 Å². The molecule has 0 atom stereocenters. The van der Waals surface area contributed by atoms with E-state index in [0.717, 1.165) is 37.9 Å². The van der Waals surface area contributed by atoms with Crippen LogP contribution in [0.5, 0.6) is 0 Å². The van der Waals surface area contributed by atoms with Gasteiger partial charge in [0.15, 0.2) is 0 Å². The average Bonchev–Trinajstić information content (AvgIpc) is 2.31. The highest BCUT2D eigenvalue weighted by atomic mass is 16.5. The molecule has 0 bridgehead atoms. The second-order valence-electron chi connectivity index (χ2n) is 3.77. The molecule has 90 valence electrons. The molecule has 2 rings (SSSR count). The molecular formula is C12H21N3O. The van der Waals surface area contributed by atoms with Crippen LogP contribution in [-0.2, 0) is 4.74 Å². The molecule has 0 amide bonds. The first-order chi connectivity index (χ1) is 7.77. The summed E-state index contributed by atoms with van der Waals surface area (Å²) in [5.41, 5.74) is 0. The van der Waals surface area contributed by atoms with Gasteiger partial charge < -0.3 is 9.64 Å². The summed E-state index contributed by atoms with van der Waals surface area (Å²) in [6.45, 7) is 9.60. The smallest absolute Gasteiger partial charge is 0.132 e. The molecule has 4 nitrogen and oxygen atoms in total. The predicted molar refractivity (Wildman–Crippen MR) is 65.8 cm³/mol. The molecule has 0 N–H and O–H groups in total. The molecule has 0 aromatic carbocycles. The molecule has 0 saturated carbocycles. The Morgan fingerprint density at radius 3 is 2.50 bits per heavy atom. The number of hydrogen-bond donors (Lipinski definition) is 0. The van der Waals surface area contributed by atoms with Crippen molar-refractivity contribution in [2.75, 3.05) is 31.2 Å². The molecule has 0 radical (unpaired) electrons. The highest BCUT2D eigenvalue weighted by Gasteiger charge is 2.11. The molecule has 1 aliphatic rings. The van der Waals surface area contributed by atoms with Crippen LogP contribution >= 0.6 is 0 Å². The zero-order chi connectivity index (χ0) is 11.8. The van der Waals surface area contributed by atoms with Crippen LogP contribution in [0.25, 0.3) is 0 Å². The largest absolute Gasteiger partial charge is 0.378 e. The van der Waals surface area contributed by atoms with Gasteiger partial charge in [0.1, 0.15) is 11.6 Å². The third-order valence-corrected chi connectivity index (χ3v) is 2.10. The van der Waals surface area contributed by atoms with Crippen molar-refractivity contribution in [1.82, 2.24) is 9.97 Å². The Hall–Kier alpha value is -1.16. The van der Waals surface area contributed by atoms with E-state index in [1.165, 1.54) is 6.42 Å². The monoisotopic (exact) mass is 223 g/mol. The third-order valence-electron chi connectivity index (χ3n) is 2.10. The molecule has 1 saturated heterocycles. The molecule has 4 heteroatoms. The first-order valence-electron chi connectivity index (χ1n) is 5.90. The Bertz CT molecular complexity index is 298. The van der Waals surface area contributed by atoms with Gasteiger partial charge in [0.05, 0.1) is 13.2 Å². The van der Waals surface area contributed by atoms with Crippen LogP contribution in [0.4, 0.5) is 5.82 Å². The SMILES string of the molecule is CCC.Cc1nccc(N2CCOCC2)n1. The van der Waals surface area contributed by atoms with E-state index in [-0.39, 0.29) is 0 Å². The fourth-order valence-corrected chi connectivity index (χ4v) is 1.41. The summed E-state index contributed by atoms with van der Waals surface area (Å²) in [5, 5.41) is 0. The molecular weight excluding hydrogens is 202 g/mol. The van der Waals surface area contributed by atoms with Gasteiger partial charge in [-0.05, 0) is 13.0 Å². The van der Waals surface area contributed by atoms with Crippen LogP contribution in [0.15, 0.2) is 12.3 Å². The van der Waals surface area contributed by atoms with Gasteiger partial charge in [0.25, 0.3) is 0 Å². The summed E-state index contributed by atoms with van der Waals surface area (Å²) < 4.78 is 5.27. The van der Waals surface area contributed by atoms with Gasteiger partial charge in [-0.2, -0.15) is 0 Å². The lowest BCUT2D eigenvalue weighted by atomic mass is 10.4. The van der Waals surface area contributed by atoms with Crippen LogP contribution in [0.2, 0.25) is 0 Å². The van der Waals surface area contributed by atoms with Crippen molar-refractivity contribution in [3.8, 4) is 0 Å². The average molecular weight is 223 g/mol. The molecule has 1 aromatic rings. The second kappa shape index (κ2) is 7.17. The summed E-state index contributed by atoms with van der Waals surface area (Å²) >= 11 is 0. The topological polar surface area (TPSA) is 38.2 Å². The summed E-state index contributed by atoms with van der Waals surface area (Å²) in [7, 11) is 0. The van der Waals surface area contributed by atoms with Crippen molar-refractivity contribution in [1.29, 1.82) is 0 Å². The Balaban J connectivity index is 0.000000386. The molecule has 2 heterocycles. The zero-order valence-electron chi connectivity index (χ0n) is 10.4. The maximum Gasteiger partial charge on any atom is 0.132 e. The fraction of sp³-hybridized carbons (Fsp3) is 0.667. The van der Waals surface area contributed by atoms with Crippen LogP contribution < -0.4 is 4.90 Å². The van der Waals surface area contributed by atoms with Gasteiger partial charge in [0.2, 0.25) is 0 Å². The first kappa shape index (κ1) is 12.9. The highest BCUT2D eigenvalue weighted by Crippen LogP contribution is 2.10. The molecule has 16 heavy (non-hydrogen) atoms. The summed E-state index contributed by atoms with van der Waals surface area (Å²) in [5.74, 6) is 1.83. The standard InChI is InChI=1S/C9H13N3O.C3H8/c1-8-10-3-2-9(11-8)12-4-6-13-7-5-12;1-3-2/h2-3H,4-7H2,1H3;3H2,1-2H3. The van der Waals surface area contributed by atoms with Gasteiger partial charge >= 0.3 is 0 Å². The minimum Gasteiger partial charge on any atom is -0.378 e. The third kappa shape index (κ3) is 4.14. The van der Waals surface area contributed by atoms with Crippen molar-refractivity contribution in [3.63, 3.8) is 0 Å². The Morgan fingerprint density at radius 1 is 1.31 bits per heavy atom. The highest BCUT2D eigenvalue weighted by molar-refractivity contribution is 5.37.